The Labute approximate surface area is 119 Å². The summed E-state index contributed by atoms with van der Waals surface area (Å²) in [6.45, 7) is 0. The topological polar surface area (TPSA) is 60.2 Å². The molecule has 0 atom stereocenters. The quantitative estimate of drug-likeness (QED) is 0.724. The molecule has 0 heterocycles. The molecule has 3 nitrogen and oxygen atoms in total. The second kappa shape index (κ2) is 5.55. The second-order valence-corrected chi connectivity index (χ2v) is 4.05. The summed E-state index contributed by atoms with van der Waals surface area (Å²) in [6, 6.07) is 5.17. The predicted molar refractivity (Wildman–Crippen MR) is 50.4 cm³/mol. The van der Waals surface area contributed by atoms with Crippen molar-refractivity contribution in [3.8, 4) is 0 Å². The van der Waals surface area contributed by atoms with Crippen molar-refractivity contribution in [2.24, 2.45) is 5.14 Å². The van der Waals surface area contributed by atoms with Crippen LogP contribution in [0.5, 0.6) is 0 Å². The Kier molecular flexibility index (Phi) is 5.84. The molecule has 2 N–H and O–H groups in total. The summed E-state index contributed by atoms with van der Waals surface area (Å²) in [7, 11) is -3.51. The molecule has 0 amide bonds. The molecule has 68 valence electrons. The third-order valence-electron chi connectivity index (χ3n) is 1.28. The van der Waals surface area contributed by atoms with Crippen molar-refractivity contribution in [2.45, 2.75) is 5.75 Å². The monoisotopic (exact) mass is 229 g/mol. The Morgan fingerprint density at radius 3 is 2.08 bits per heavy atom. The summed E-state index contributed by atoms with van der Waals surface area (Å²) >= 11 is 0. The van der Waals surface area contributed by atoms with Crippen LogP contribution >= 0.6 is 0 Å². The molecule has 0 radical (unpaired) electrons. The van der Waals surface area contributed by atoms with E-state index >= 15 is 0 Å². The van der Waals surface area contributed by atoms with Crippen molar-refractivity contribution in [2.75, 3.05) is 0 Å². The van der Waals surface area contributed by atoms with E-state index in [1.54, 1.807) is 0 Å². The Bertz CT molecular complexity index is 363. The van der Waals surface area contributed by atoms with Crippen LogP contribution in [-0.4, -0.2) is 59.8 Å². The summed E-state index contributed by atoms with van der Waals surface area (Å²) in [4.78, 5) is 0. The van der Waals surface area contributed by atoms with Crippen LogP contribution in [0.15, 0.2) is 24.3 Å². The Balaban J connectivity index is 0.00000144. The van der Waals surface area contributed by atoms with Gasteiger partial charge in [-0.2, -0.15) is 0 Å². The van der Waals surface area contributed by atoms with Gasteiger partial charge >= 0.3 is 51.4 Å². The molecule has 1 aromatic rings. The van der Waals surface area contributed by atoms with Gasteiger partial charge in [0.1, 0.15) is 5.82 Å². The van der Waals surface area contributed by atoms with Gasteiger partial charge in [0, 0.05) is 0 Å². The summed E-state index contributed by atoms with van der Waals surface area (Å²) in [5.41, 5.74) is 0.485. The van der Waals surface area contributed by atoms with E-state index in [1.807, 2.05) is 0 Å². The first-order valence-electron chi connectivity index (χ1n) is 3.22. The Morgan fingerprint density at radius 2 is 1.69 bits per heavy atom. The number of sulfonamides is 1. The molecule has 6 heteroatoms. The van der Waals surface area contributed by atoms with E-state index in [0.717, 1.165) is 0 Å². The summed E-state index contributed by atoms with van der Waals surface area (Å²) in [5, 5.41) is 4.78. The molecule has 0 aliphatic carbocycles. The first-order chi connectivity index (χ1) is 5.47. The molecule has 0 unspecified atom stereocenters. The number of benzene rings is 1. The van der Waals surface area contributed by atoms with E-state index in [-0.39, 0.29) is 57.1 Å². The van der Waals surface area contributed by atoms with E-state index in [2.05, 4.69) is 0 Å². The van der Waals surface area contributed by atoms with Crippen LogP contribution in [-0.2, 0) is 15.8 Å². The van der Waals surface area contributed by atoms with Gasteiger partial charge in [-0.1, -0.05) is 12.1 Å². The molecular formula is C7H9FKNO2S. The molecule has 0 aliphatic rings. The van der Waals surface area contributed by atoms with Gasteiger partial charge in [0.05, 0.1) is 5.75 Å². The van der Waals surface area contributed by atoms with Crippen LogP contribution < -0.4 is 5.14 Å². The first-order valence-corrected chi connectivity index (χ1v) is 4.94. The van der Waals surface area contributed by atoms with Gasteiger partial charge in [0.2, 0.25) is 10.0 Å². The number of rotatable bonds is 2. The van der Waals surface area contributed by atoms with Crippen molar-refractivity contribution >= 4 is 61.4 Å². The zero-order valence-corrected chi connectivity index (χ0v) is 7.01. The van der Waals surface area contributed by atoms with E-state index in [1.165, 1.54) is 24.3 Å². The fraction of sp³-hybridized carbons (Fsp3) is 0.143. The zero-order chi connectivity index (χ0) is 9.19. The predicted octanol–water partition coefficient (Wildman–Crippen LogP) is -0.0343. The zero-order valence-electron chi connectivity index (χ0n) is 6.20. The number of nitrogens with two attached hydrogens (primary N) is 1. The van der Waals surface area contributed by atoms with E-state index in [9.17, 15) is 12.8 Å². The van der Waals surface area contributed by atoms with Gasteiger partial charge in [-0.15, -0.1) is 0 Å². The van der Waals surface area contributed by atoms with Crippen molar-refractivity contribution in [1.29, 1.82) is 0 Å². The molecule has 0 bridgehead atoms. The average Bonchev–Trinajstić information content (AvgIpc) is 1.91. The number of hydrogen-bond donors (Lipinski definition) is 1. The maximum absolute atomic E-state index is 12.3. The van der Waals surface area contributed by atoms with E-state index < -0.39 is 15.8 Å². The van der Waals surface area contributed by atoms with Crippen LogP contribution in [0.1, 0.15) is 5.56 Å². The molecular weight excluding hydrogens is 220 g/mol. The maximum atomic E-state index is 12.3. The molecule has 13 heavy (non-hydrogen) atoms. The fourth-order valence-corrected chi connectivity index (χ4v) is 1.47. The first kappa shape index (κ1) is 13.7. The molecule has 0 fully saturated rings. The number of primary sulfonamides is 1. The van der Waals surface area contributed by atoms with Crippen molar-refractivity contribution in [1.82, 2.24) is 0 Å². The molecule has 0 aliphatic heterocycles. The van der Waals surface area contributed by atoms with Crippen molar-refractivity contribution in [3.05, 3.63) is 35.6 Å². The van der Waals surface area contributed by atoms with Gasteiger partial charge in [0.15, 0.2) is 0 Å². The van der Waals surface area contributed by atoms with Crippen LogP contribution in [0.25, 0.3) is 0 Å². The third-order valence-corrected chi connectivity index (χ3v) is 2.02. The number of hydrogen-bond acceptors (Lipinski definition) is 2. The van der Waals surface area contributed by atoms with Gasteiger partial charge in [-0.3, -0.25) is 0 Å². The Morgan fingerprint density at radius 1 is 1.23 bits per heavy atom. The molecule has 1 rings (SSSR count). The van der Waals surface area contributed by atoms with Gasteiger partial charge in [0.25, 0.3) is 0 Å². The fourth-order valence-electron chi connectivity index (χ4n) is 0.813. The SMILES string of the molecule is NS(=O)(=O)Cc1ccc(F)cc1.[KH]. The van der Waals surface area contributed by atoms with Crippen LogP contribution in [0.3, 0.4) is 0 Å². The molecule has 0 spiro atoms. The normalized spacial score (nSPS) is 10.6. The molecule has 0 saturated heterocycles. The van der Waals surface area contributed by atoms with Crippen molar-refractivity contribution < 1.29 is 12.8 Å². The van der Waals surface area contributed by atoms with Gasteiger partial charge < -0.3 is 0 Å². The molecule has 1 aromatic carbocycles. The summed E-state index contributed by atoms with van der Waals surface area (Å²) in [5.74, 6) is -0.652. The van der Waals surface area contributed by atoms with E-state index in [4.69, 9.17) is 5.14 Å². The van der Waals surface area contributed by atoms with Crippen LogP contribution in [0.2, 0.25) is 0 Å². The minimum atomic E-state index is -3.51. The molecule has 0 saturated carbocycles. The Hall–Kier alpha value is 0.696. The summed E-state index contributed by atoms with van der Waals surface area (Å²) in [6.07, 6.45) is 0. The van der Waals surface area contributed by atoms with Crippen LogP contribution in [0.4, 0.5) is 4.39 Å². The second-order valence-electron chi connectivity index (χ2n) is 2.43. The number of halogens is 1. The van der Waals surface area contributed by atoms with Gasteiger partial charge in [-0.05, 0) is 17.7 Å². The third kappa shape index (κ3) is 5.90. The standard InChI is InChI=1S/C7H8FNO2S.K.H/c8-7-3-1-6(2-4-7)5-12(9,10)11;;/h1-4H,5H2,(H2,9,10,11);;. The van der Waals surface area contributed by atoms with Gasteiger partial charge in [-0.25, -0.2) is 17.9 Å². The minimum absolute atomic E-state index is 0. The van der Waals surface area contributed by atoms with E-state index in [0.29, 0.717) is 5.56 Å². The van der Waals surface area contributed by atoms with Crippen LogP contribution in [0, 0.1) is 5.82 Å². The average molecular weight is 229 g/mol. The summed E-state index contributed by atoms with van der Waals surface area (Å²) < 4.78 is 33.5. The molecule has 0 aromatic heterocycles. The van der Waals surface area contributed by atoms with Crippen molar-refractivity contribution in [3.63, 3.8) is 0 Å².